The summed E-state index contributed by atoms with van der Waals surface area (Å²) >= 11 is 6.20. The largest absolute Gasteiger partial charge is 0.385 e. The summed E-state index contributed by atoms with van der Waals surface area (Å²) in [5.41, 5.74) is 14.3. The Morgan fingerprint density at radius 3 is 1.60 bits per heavy atom. The molecule has 0 bridgehead atoms. The van der Waals surface area contributed by atoms with E-state index in [-0.39, 0.29) is 68.6 Å². The smallest absolute Gasteiger partial charge is 0.135 e. The van der Waals surface area contributed by atoms with Crippen LogP contribution in [0.2, 0.25) is 0 Å². The number of nitrogens with zero attached hydrogens (tertiary/aromatic N) is 8. The van der Waals surface area contributed by atoms with E-state index in [0.717, 1.165) is 53.7 Å². The molecule has 0 radical (unpaired) electrons. The minimum Gasteiger partial charge on any atom is -0.385 e. The molecule has 5 aromatic rings. The van der Waals surface area contributed by atoms with Crippen LogP contribution in [0.4, 0.5) is 0 Å². The molecule has 4 aliphatic carbocycles. The van der Waals surface area contributed by atoms with Crippen molar-refractivity contribution in [1.82, 2.24) is 36.6 Å². The molecule has 3 fully saturated rings. The van der Waals surface area contributed by atoms with Crippen LogP contribution in [0.15, 0.2) is 141 Å². The molecular weight excluding hydrogens is 1360 g/mol. The van der Waals surface area contributed by atoms with Gasteiger partial charge >= 0.3 is 0 Å². The summed E-state index contributed by atoms with van der Waals surface area (Å²) in [6.07, 6.45) is 63.5. The highest BCUT2D eigenvalue weighted by atomic mass is 32.1. The second kappa shape index (κ2) is 34.7. The molecule has 13 rings (SSSR count). The number of aliphatic imine (C=N–C) groups is 1. The highest BCUT2D eigenvalue weighted by Gasteiger charge is 2.51. The monoisotopic (exact) mass is 1490 g/mol. The van der Waals surface area contributed by atoms with Gasteiger partial charge in [0.1, 0.15) is 29.2 Å². The van der Waals surface area contributed by atoms with Crippen molar-refractivity contribution in [3.05, 3.63) is 156 Å². The first-order chi connectivity index (χ1) is 51.4. The van der Waals surface area contributed by atoms with E-state index in [1.165, 1.54) is 222 Å². The Morgan fingerprint density at radius 2 is 0.991 bits per heavy atom. The lowest BCUT2D eigenvalue weighted by atomic mass is 9.66. The maximum absolute atomic E-state index is 5.35. The van der Waals surface area contributed by atoms with Crippen LogP contribution in [0.3, 0.4) is 0 Å². The van der Waals surface area contributed by atoms with Gasteiger partial charge < -0.3 is 5.32 Å². The van der Waals surface area contributed by atoms with Gasteiger partial charge in [0.15, 0.2) is 0 Å². The molecule has 4 aliphatic heterocycles. The number of allylic oxidation sites excluding steroid dienone is 7. The normalized spacial score (nSPS) is 29.0. The molecule has 106 heavy (non-hydrogen) atoms. The van der Waals surface area contributed by atoms with Gasteiger partial charge in [0.2, 0.25) is 0 Å². The van der Waals surface area contributed by atoms with Crippen LogP contribution in [0.1, 0.15) is 334 Å². The quantitative estimate of drug-likeness (QED) is 0.0604. The molecule has 0 spiro atoms. The van der Waals surface area contributed by atoms with Gasteiger partial charge in [-0.3, -0.25) is 20.8 Å². The number of aromatic nitrogens is 4. The number of thiophene rings is 3. The van der Waals surface area contributed by atoms with Crippen molar-refractivity contribution in [2.75, 3.05) is 0 Å². The molecule has 13 unspecified atom stereocenters. The summed E-state index contributed by atoms with van der Waals surface area (Å²) in [6, 6.07) is 15.3. The molecule has 574 valence electrons. The third kappa shape index (κ3) is 16.1. The van der Waals surface area contributed by atoms with E-state index < -0.39 is 0 Å². The molecule has 0 aromatic carbocycles. The first-order valence-corrected chi connectivity index (χ1v) is 45.1. The minimum atomic E-state index is -0.327. The molecule has 13 atom stereocenters. The van der Waals surface area contributed by atoms with Gasteiger partial charge in [-0.25, -0.2) is 0 Å². The molecular formula is C91H132N12S3. The number of aromatic amines is 1. The van der Waals surface area contributed by atoms with Crippen LogP contribution < -0.4 is 16.2 Å². The summed E-state index contributed by atoms with van der Waals surface area (Å²) < 4.78 is 0. The standard InChI is InChI=1S/C91H132N12S3/c1-13-88(9,73-55-53-71(104-73)86(5,6)69-60-92-77(82-80(69)96-102-98-82)63-43-32-26-21-22-27-33-44-63)65-47-36-38-49-66(89(10,14-2)74-56-54-72(105-74)87(7,8)70-61-93-78(83-81(70)97-103-99-83)64-45-34-28-23-29-35-46-64)51-40-52-67(50-39-37-48-65)90(11,15-3)75-57-58-76(106-75)91(12,16-4)85-84-79(95-101-100-84)68(59-94-85)62-41-30-24-19-17-18-20-25-31-42-62/h13,23,28-29,34-35,45,53-67,79,81,83-85,94H,1,14-22,24-27,30-33,36-44,46-52H2,2-12H3,(H,95,100)(H,97,99)(H,96,98,102)/b28-23-,35-29-,45-34?. The fourth-order valence-corrected chi connectivity index (χ4v) is 25.2. The molecule has 4 N–H and O–H groups in total. The number of H-pyrrole nitrogens is 1. The fraction of sp³-hybridized carbons (Fsp3) is 0.670. The topological polar surface area (TPSA) is 152 Å². The number of fused-ring (bicyclic) bond motifs is 3. The fourth-order valence-electron chi connectivity index (χ4n) is 20.8. The van der Waals surface area contributed by atoms with Gasteiger partial charge in [0.25, 0.3) is 0 Å². The van der Waals surface area contributed by atoms with E-state index in [9.17, 15) is 0 Å². The van der Waals surface area contributed by atoms with Gasteiger partial charge in [-0.2, -0.15) is 25.6 Å². The van der Waals surface area contributed by atoms with Crippen LogP contribution in [0, 0.1) is 29.6 Å². The maximum atomic E-state index is 5.35. The minimum absolute atomic E-state index is 0.00364. The molecule has 15 heteroatoms. The van der Waals surface area contributed by atoms with Crippen LogP contribution in [-0.4, -0.2) is 56.3 Å². The summed E-state index contributed by atoms with van der Waals surface area (Å²) in [7, 11) is 0. The van der Waals surface area contributed by atoms with E-state index in [0.29, 0.717) is 29.6 Å². The van der Waals surface area contributed by atoms with Crippen molar-refractivity contribution in [2.24, 2.45) is 55.3 Å². The number of hydrogen-bond donors (Lipinski definition) is 4. The van der Waals surface area contributed by atoms with Crippen molar-refractivity contribution in [3.8, 4) is 0 Å². The third-order valence-electron chi connectivity index (χ3n) is 29.0. The molecule has 3 saturated carbocycles. The second-order valence-electron chi connectivity index (χ2n) is 35.8. The molecule has 9 heterocycles. The lowest BCUT2D eigenvalue weighted by molar-refractivity contribution is 0.199. The number of rotatable bonds is 19. The van der Waals surface area contributed by atoms with Crippen molar-refractivity contribution in [1.29, 1.82) is 0 Å². The highest BCUT2D eigenvalue weighted by Crippen LogP contribution is 2.54. The first-order valence-electron chi connectivity index (χ1n) is 42.6. The Labute approximate surface area is 650 Å². The maximum Gasteiger partial charge on any atom is 0.135 e. The number of nitrogens with one attached hydrogen (secondary N) is 4. The zero-order valence-corrected chi connectivity index (χ0v) is 69.4. The predicted molar refractivity (Wildman–Crippen MR) is 448 cm³/mol. The van der Waals surface area contributed by atoms with Gasteiger partial charge in [-0.15, -0.1) is 40.6 Å². The van der Waals surface area contributed by atoms with Gasteiger partial charge in [0.05, 0.1) is 23.5 Å². The Hall–Kier alpha value is -5.64. The van der Waals surface area contributed by atoms with E-state index in [1.807, 2.05) is 11.3 Å². The summed E-state index contributed by atoms with van der Waals surface area (Å²) in [6.45, 7) is 32.2. The lowest BCUT2D eigenvalue weighted by Crippen LogP contribution is -2.61. The number of hydrogen-bond acceptors (Lipinski definition) is 14. The average molecular weight is 1490 g/mol. The molecule has 0 amide bonds. The van der Waals surface area contributed by atoms with Gasteiger partial charge in [-0.05, 0) is 167 Å². The summed E-state index contributed by atoms with van der Waals surface area (Å²) in [5.74, 6) is 2.72. The zero-order chi connectivity index (χ0) is 74.1. The molecule has 8 aliphatic rings. The van der Waals surface area contributed by atoms with Crippen LogP contribution in [0.5, 0.6) is 0 Å². The second-order valence-corrected chi connectivity index (χ2v) is 39.0. The van der Waals surface area contributed by atoms with Gasteiger partial charge in [0, 0.05) is 91.5 Å². The lowest BCUT2D eigenvalue weighted by Gasteiger charge is -2.45. The van der Waals surface area contributed by atoms with Crippen LogP contribution in [-0.2, 0) is 32.5 Å². The molecule has 0 saturated heterocycles. The van der Waals surface area contributed by atoms with Crippen LogP contribution >= 0.6 is 34.0 Å². The van der Waals surface area contributed by atoms with E-state index in [4.69, 9.17) is 37.0 Å². The Kier molecular flexibility index (Phi) is 25.7. The Bertz CT molecular complexity index is 3980. The predicted octanol–water partition coefficient (Wildman–Crippen LogP) is 25.2. The average Bonchev–Trinajstić information content (AvgIpc) is 0.842. The SMILES string of the molecule is C=CC(C)(c1ccc(C(C)(C)c2cnc(C3CCCCCCCC3)c3n[nH]nc23)s1)C1CCCCC(C(C)(CC)c2ccc(C(C)(C)C3=CN=C(C4C=C/C=C\C=C/C4)C4NN=NC34)s2)CCCC(C(C)(CC)c2ccc(C(C)(CC)C3NC=C(C4CCCCCCCCCC4)C4N=NNC43)s2)CCCC1. The summed E-state index contributed by atoms with van der Waals surface area (Å²) in [5, 5.41) is 36.2. The van der Waals surface area contributed by atoms with Crippen molar-refractivity contribution in [3.63, 3.8) is 0 Å². The van der Waals surface area contributed by atoms with Crippen molar-refractivity contribution < 1.29 is 0 Å². The molecule has 12 nitrogen and oxygen atoms in total. The van der Waals surface area contributed by atoms with Crippen molar-refractivity contribution >= 4 is 50.8 Å². The number of pyridine rings is 1. The Balaban J connectivity index is 0.790. The Morgan fingerprint density at radius 1 is 0.500 bits per heavy atom. The third-order valence-corrected chi connectivity index (χ3v) is 34.0. The van der Waals surface area contributed by atoms with Crippen LogP contribution in [0.25, 0.3) is 11.0 Å². The van der Waals surface area contributed by atoms with Gasteiger partial charge in [-0.1, -0.05) is 251 Å². The summed E-state index contributed by atoms with van der Waals surface area (Å²) in [4.78, 5) is 19.4. The molecule has 5 aromatic heterocycles. The highest BCUT2D eigenvalue weighted by molar-refractivity contribution is 7.13. The van der Waals surface area contributed by atoms with E-state index >= 15 is 0 Å². The van der Waals surface area contributed by atoms with E-state index in [2.05, 4.69) is 228 Å². The van der Waals surface area contributed by atoms with Crippen molar-refractivity contribution in [2.45, 2.75) is 357 Å². The zero-order valence-electron chi connectivity index (χ0n) is 66.9. The van der Waals surface area contributed by atoms with E-state index in [1.54, 1.807) is 4.88 Å². The first kappa shape index (κ1) is 78.5.